The summed E-state index contributed by atoms with van der Waals surface area (Å²) in [5.41, 5.74) is 0.713. The summed E-state index contributed by atoms with van der Waals surface area (Å²) in [7, 11) is 1.31. The van der Waals surface area contributed by atoms with Gasteiger partial charge in [-0.1, -0.05) is 18.2 Å². The smallest absolute Gasteiger partial charge is 0.242 e. The largest absolute Gasteiger partial charge is 0.356 e. The Bertz CT molecular complexity index is 722. The number of guanidine groups is 1. The van der Waals surface area contributed by atoms with Gasteiger partial charge in [0.2, 0.25) is 10.0 Å². The molecule has 0 heterocycles. The summed E-state index contributed by atoms with van der Waals surface area (Å²) >= 11 is 0. The van der Waals surface area contributed by atoms with Gasteiger partial charge in [-0.2, -0.15) is 0 Å². The number of benzene rings is 1. The van der Waals surface area contributed by atoms with E-state index in [1.54, 1.807) is 19.2 Å². The average Bonchev–Trinajstić information content (AvgIpc) is 2.63. The second kappa shape index (κ2) is 11.4. The standard InChI is InChI=1S/C20H37N5O2S/c1-16(2)25(17(3)4)14-10-13-22-20(21-5)23-15-18-11-8-9-12-19(18)28(26,27)24(6)7/h8-9,11-12,16-17H,10,13-15H2,1-7H3,(H2,21,22,23). The van der Waals surface area contributed by atoms with Crippen molar-refractivity contribution in [3.05, 3.63) is 29.8 Å². The molecule has 2 N–H and O–H groups in total. The maximum atomic E-state index is 12.5. The molecule has 0 radical (unpaired) electrons. The van der Waals surface area contributed by atoms with E-state index in [1.165, 1.54) is 18.4 Å². The van der Waals surface area contributed by atoms with Crippen molar-refractivity contribution in [2.75, 3.05) is 34.2 Å². The van der Waals surface area contributed by atoms with E-state index in [0.717, 1.165) is 19.5 Å². The van der Waals surface area contributed by atoms with Crippen LogP contribution in [0.3, 0.4) is 0 Å². The van der Waals surface area contributed by atoms with Crippen LogP contribution in [0.15, 0.2) is 34.2 Å². The molecular formula is C20H37N5O2S. The van der Waals surface area contributed by atoms with E-state index >= 15 is 0 Å². The second-order valence-electron chi connectivity index (χ2n) is 7.53. The third kappa shape index (κ3) is 7.07. The first-order valence-corrected chi connectivity index (χ1v) is 11.3. The zero-order valence-electron chi connectivity index (χ0n) is 18.4. The number of nitrogens with one attached hydrogen (secondary N) is 2. The highest BCUT2D eigenvalue weighted by atomic mass is 32.2. The van der Waals surface area contributed by atoms with E-state index in [0.29, 0.717) is 35.0 Å². The minimum absolute atomic E-state index is 0.312. The predicted molar refractivity (Wildman–Crippen MR) is 117 cm³/mol. The van der Waals surface area contributed by atoms with Gasteiger partial charge in [0.25, 0.3) is 0 Å². The molecule has 7 nitrogen and oxygen atoms in total. The average molecular weight is 412 g/mol. The molecule has 160 valence electrons. The Kier molecular flexibility index (Phi) is 9.92. The molecule has 8 heteroatoms. The van der Waals surface area contributed by atoms with Crippen molar-refractivity contribution in [1.29, 1.82) is 0 Å². The first-order chi connectivity index (χ1) is 13.1. The molecule has 0 saturated heterocycles. The van der Waals surface area contributed by atoms with Crippen LogP contribution in [0.4, 0.5) is 0 Å². The minimum atomic E-state index is -3.48. The van der Waals surface area contributed by atoms with Crippen molar-refractivity contribution in [1.82, 2.24) is 19.8 Å². The normalized spacial score (nSPS) is 13.0. The van der Waals surface area contributed by atoms with Gasteiger partial charge in [-0.15, -0.1) is 0 Å². The quantitative estimate of drug-likeness (QED) is 0.350. The summed E-state index contributed by atoms with van der Waals surface area (Å²) < 4.78 is 26.2. The lowest BCUT2D eigenvalue weighted by molar-refractivity contribution is 0.173. The van der Waals surface area contributed by atoms with Gasteiger partial charge < -0.3 is 10.6 Å². The molecular weight excluding hydrogens is 374 g/mol. The van der Waals surface area contributed by atoms with Gasteiger partial charge in [-0.05, 0) is 45.7 Å². The van der Waals surface area contributed by atoms with Crippen LogP contribution in [0.5, 0.6) is 0 Å². The van der Waals surface area contributed by atoms with Crippen LogP contribution >= 0.6 is 0 Å². The number of hydrogen-bond acceptors (Lipinski definition) is 4. The monoisotopic (exact) mass is 411 g/mol. The van der Waals surface area contributed by atoms with Crippen molar-refractivity contribution in [3.63, 3.8) is 0 Å². The molecule has 0 aromatic heterocycles. The number of sulfonamides is 1. The Hall–Kier alpha value is -1.64. The molecule has 0 aliphatic rings. The summed E-state index contributed by atoms with van der Waals surface area (Å²) in [5.74, 6) is 0.665. The molecule has 0 unspecified atom stereocenters. The summed E-state index contributed by atoms with van der Waals surface area (Å²) in [6.45, 7) is 11.1. The highest BCUT2D eigenvalue weighted by Gasteiger charge is 2.20. The van der Waals surface area contributed by atoms with Crippen LogP contribution < -0.4 is 10.6 Å². The first kappa shape index (κ1) is 24.4. The lowest BCUT2D eigenvalue weighted by Crippen LogP contribution is -2.41. The van der Waals surface area contributed by atoms with E-state index < -0.39 is 10.0 Å². The Labute approximate surface area is 171 Å². The van der Waals surface area contributed by atoms with Gasteiger partial charge in [0.1, 0.15) is 0 Å². The summed E-state index contributed by atoms with van der Waals surface area (Å²) in [5, 5.41) is 6.52. The molecule has 0 aliphatic carbocycles. The fraction of sp³-hybridized carbons (Fsp3) is 0.650. The molecule has 0 bridgehead atoms. The van der Waals surface area contributed by atoms with Gasteiger partial charge in [-0.3, -0.25) is 9.89 Å². The van der Waals surface area contributed by atoms with Crippen molar-refractivity contribution < 1.29 is 8.42 Å². The topological polar surface area (TPSA) is 77.0 Å². The van der Waals surface area contributed by atoms with Crippen LogP contribution in [0, 0.1) is 0 Å². The fourth-order valence-corrected chi connectivity index (χ4v) is 4.19. The number of hydrogen-bond donors (Lipinski definition) is 2. The maximum Gasteiger partial charge on any atom is 0.242 e. The second-order valence-corrected chi connectivity index (χ2v) is 9.65. The Morgan fingerprint density at radius 3 is 2.21 bits per heavy atom. The lowest BCUT2D eigenvalue weighted by Gasteiger charge is -2.30. The van der Waals surface area contributed by atoms with Gasteiger partial charge in [0.15, 0.2) is 5.96 Å². The Morgan fingerprint density at radius 1 is 1.07 bits per heavy atom. The molecule has 0 spiro atoms. The summed E-state index contributed by atoms with van der Waals surface area (Å²) in [6, 6.07) is 8.07. The minimum Gasteiger partial charge on any atom is -0.356 e. The van der Waals surface area contributed by atoms with Crippen LogP contribution in [-0.2, 0) is 16.6 Å². The zero-order valence-corrected chi connectivity index (χ0v) is 19.2. The third-order valence-electron chi connectivity index (χ3n) is 4.61. The van der Waals surface area contributed by atoms with Gasteiger partial charge in [-0.25, -0.2) is 12.7 Å². The van der Waals surface area contributed by atoms with E-state index in [-0.39, 0.29) is 0 Å². The highest BCUT2D eigenvalue weighted by molar-refractivity contribution is 7.89. The zero-order chi connectivity index (χ0) is 21.3. The summed E-state index contributed by atoms with van der Waals surface area (Å²) in [6.07, 6.45) is 1.00. The van der Waals surface area contributed by atoms with Crippen LogP contribution in [0.25, 0.3) is 0 Å². The molecule has 0 atom stereocenters. The molecule has 1 aromatic rings. The molecule has 0 aliphatic heterocycles. The molecule has 28 heavy (non-hydrogen) atoms. The summed E-state index contributed by atoms with van der Waals surface area (Å²) in [4.78, 5) is 7.01. The molecule has 1 rings (SSSR count). The highest BCUT2D eigenvalue weighted by Crippen LogP contribution is 2.18. The lowest BCUT2D eigenvalue weighted by atomic mass is 10.2. The first-order valence-electron chi connectivity index (χ1n) is 9.82. The van der Waals surface area contributed by atoms with Crippen LogP contribution in [0.2, 0.25) is 0 Å². The van der Waals surface area contributed by atoms with Crippen molar-refractivity contribution >= 4 is 16.0 Å². The van der Waals surface area contributed by atoms with Crippen molar-refractivity contribution in [2.24, 2.45) is 4.99 Å². The van der Waals surface area contributed by atoms with Crippen LogP contribution in [-0.4, -0.2) is 69.9 Å². The van der Waals surface area contributed by atoms with Gasteiger partial charge in [0.05, 0.1) is 4.90 Å². The van der Waals surface area contributed by atoms with Crippen molar-refractivity contribution in [3.8, 4) is 0 Å². The van der Waals surface area contributed by atoms with Crippen LogP contribution in [0.1, 0.15) is 39.7 Å². The predicted octanol–water partition coefficient (Wildman–Crippen LogP) is 2.11. The van der Waals surface area contributed by atoms with E-state index in [2.05, 4.69) is 48.2 Å². The van der Waals surface area contributed by atoms with Gasteiger partial charge in [0, 0.05) is 52.9 Å². The molecule has 1 aromatic carbocycles. The van der Waals surface area contributed by atoms with Crippen molar-refractivity contribution in [2.45, 2.75) is 57.6 Å². The number of aliphatic imine (C=N–C) groups is 1. The van der Waals surface area contributed by atoms with E-state index in [4.69, 9.17) is 0 Å². The number of rotatable bonds is 10. The maximum absolute atomic E-state index is 12.5. The Morgan fingerprint density at radius 2 is 1.68 bits per heavy atom. The molecule has 0 amide bonds. The molecule has 0 saturated carbocycles. The van der Waals surface area contributed by atoms with Gasteiger partial charge >= 0.3 is 0 Å². The third-order valence-corrected chi connectivity index (χ3v) is 6.53. The molecule has 0 fully saturated rings. The van der Waals surface area contributed by atoms with E-state index in [1.807, 2.05) is 12.1 Å². The SMILES string of the molecule is CN=C(NCCCN(C(C)C)C(C)C)NCc1ccccc1S(=O)(=O)N(C)C. The fourth-order valence-electron chi connectivity index (χ4n) is 3.08. The Balaban J connectivity index is 2.63. The number of nitrogens with zero attached hydrogens (tertiary/aromatic N) is 3. The van der Waals surface area contributed by atoms with E-state index in [9.17, 15) is 8.42 Å².